The molecule has 0 radical (unpaired) electrons. The highest BCUT2D eigenvalue weighted by atomic mass is 16.5. The summed E-state index contributed by atoms with van der Waals surface area (Å²) in [6.07, 6.45) is 0.483. The molecule has 3 rings (SSSR count). The molecule has 1 aromatic heterocycles. The van der Waals surface area contributed by atoms with Gasteiger partial charge in [-0.3, -0.25) is 4.79 Å². The van der Waals surface area contributed by atoms with Crippen molar-refractivity contribution in [2.24, 2.45) is 0 Å². The maximum absolute atomic E-state index is 12.2. The smallest absolute Gasteiger partial charge is 0.309 e. The van der Waals surface area contributed by atoms with Crippen molar-refractivity contribution in [2.45, 2.75) is 13.0 Å². The predicted molar refractivity (Wildman–Crippen MR) is 94.3 cm³/mol. The summed E-state index contributed by atoms with van der Waals surface area (Å²) in [7, 11) is 3.13. The molecule has 0 saturated carbocycles. The van der Waals surface area contributed by atoms with Gasteiger partial charge in [-0.25, -0.2) is 0 Å². The first-order valence-corrected chi connectivity index (χ1v) is 8.05. The van der Waals surface area contributed by atoms with Gasteiger partial charge in [-0.05, 0) is 23.3 Å². The number of amides is 1. The lowest BCUT2D eigenvalue weighted by molar-refractivity contribution is 0.0914. The average Bonchev–Trinajstić information content (AvgIpc) is 3.15. The predicted octanol–water partition coefficient (Wildman–Crippen LogP) is 2.61. The van der Waals surface area contributed by atoms with Crippen LogP contribution < -0.4 is 14.8 Å². The highest BCUT2D eigenvalue weighted by Crippen LogP contribution is 2.27. The minimum atomic E-state index is -0.424. The topological polar surface area (TPSA) is 86.5 Å². The maximum atomic E-state index is 12.2. The molecule has 0 aliphatic rings. The van der Waals surface area contributed by atoms with E-state index in [4.69, 9.17) is 13.9 Å². The third-order valence-corrected chi connectivity index (χ3v) is 3.76. The van der Waals surface area contributed by atoms with Crippen molar-refractivity contribution >= 4 is 5.91 Å². The Kier molecular flexibility index (Phi) is 5.48. The van der Waals surface area contributed by atoms with Crippen LogP contribution in [0.5, 0.6) is 11.5 Å². The van der Waals surface area contributed by atoms with Crippen molar-refractivity contribution in [1.29, 1.82) is 0 Å². The zero-order chi connectivity index (χ0) is 18.4. The Morgan fingerprint density at radius 2 is 1.77 bits per heavy atom. The van der Waals surface area contributed by atoms with Gasteiger partial charge in [0.05, 0.1) is 20.6 Å². The molecule has 0 aliphatic heterocycles. The Hall–Kier alpha value is -3.35. The van der Waals surface area contributed by atoms with E-state index in [-0.39, 0.29) is 5.89 Å². The molecule has 7 heteroatoms. The van der Waals surface area contributed by atoms with Crippen LogP contribution in [-0.2, 0) is 13.0 Å². The molecule has 0 atom stereocenters. The molecule has 134 valence electrons. The van der Waals surface area contributed by atoms with Crippen LogP contribution in [0.25, 0.3) is 0 Å². The molecule has 0 saturated heterocycles. The zero-order valence-corrected chi connectivity index (χ0v) is 14.6. The minimum Gasteiger partial charge on any atom is -0.493 e. The summed E-state index contributed by atoms with van der Waals surface area (Å²) in [4.78, 5) is 12.2. The molecule has 26 heavy (non-hydrogen) atoms. The molecular formula is C19H19N3O4. The van der Waals surface area contributed by atoms with E-state index in [9.17, 15) is 4.79 Å². The second-order valence-corrected chi connectivity index (χ2v) is 5.54. The van der Waals surface area contributed by atoms with Gasteiger partial charge < -0.3 is 19.2 Å². The molecule has 0 unspecified atom stereocenters. The highest BCUT2D eigenvalue weighted by molar-refractivity contribution is 5.89. The Balaban J connectivity index is 1.60. The van der Waals surface area contributed by atoms with E-state index in [1.54, 1.807) is 26.4 Å². The largest absolute Gasteiger partial charge is 0.493 e. The van der Waals surface area contributed by atoms with Crippen LogP contribution >= 0.6 is 0 Å². The summed E-state index contributed by atoms with van der Waals surface area (Å²) >= 11 is 0. The molecule has 0 fully saturated rings. The second kappa shape index (κ2) is 8.15. The van der Waals surface area contributed by atoms with Crippen molar-refractivity contribution in [3.05, 3.63) is 71.4 Å². The fourth-order valence-corrected chi connectivity index (χ4v) is 2.44. The molecule has 1 heterocycles. The SMILES string of the molecule is COc1ccc(CNC(=O)c2nnc(Cc3ccccc3)o2)cc1OC. The molecule has 0 spiro atoms. The summed E-state index contributed by atoms with van der Waals surface area (Å²) in [5, 5.41) is 10.5. The second-order valence-electron chi connectivity index (χ2n) is 5.54. The lowest BCUT2D eigenvalue weighted by atomic mass is 10.2. The van der Waals surface area contributed by atoms with Crippen LogP contribution in [0.3, 0.4) is 0 Å². The van der Waals surface area contributed by atoms with E-state index in [1.807, 2.05) is 36.4 Å². The number of hydrogen-bond donors (Lipinski definition) is 1. The quantitative estimate of drug-likeness (QED) is 0.703. The molecular weight excluding hydrogens is 334 g/mol. The maximum Gasteiger partial charge on any atom is 0.309 e. The number of rotatable bonds is 7. The fourth-order valence-electron chi connectivity index (χ4n) is 2.44. The van der Waals surface area contributed by atoms with E-state index in [1.165, 1.54) is 0 Å². The monoisotopic (exact) mass is 353 g/mol. The van der Waals surface area contributed by atoms with Crippen LogP contribution in [-0.4, -0.2) is 30.3 Å². The summed E-state index contributed by atoms with van der Waals surface area (Å²) in [6.45, 7) is 0.301. The fraction of sp³-hybridized carbons (Fsp3) is 0.211. The molecule has 7 nitrogen and oxygen atoms in total. The van der Waals surface area contributed by atoms with E-state index in [2.05, 4.69) is 15.5 Å². The third kappa shape index (κ3) is 4.18. The van der Waals surface area contributed by atoms with E-state index < -0.39 is 5.91 Å². The summed E-state index contributed by atoms with van der Waals surface area (Å²) in [5.74, 6) is 1.14. The first-order chi connectivity index (χ1) is 12.7. The molecule has 3 aromatic rings. The van der Waals surface area contributed by atoms with Crippen LogP contribution in [0, 0.1) is 0 Å². The number of carbonyl (C=O) groups is 1. The Morgan fingerprint density at radius 1 is 1.00 bits per heavy atom. The van der Waals surface area contributed by atoms with Crippen LogP contribution in [0.1, 0.15) is 27.7 Å². The van der Waals surface area contributed by atoms with Crippen LogP contribution in [0.2, 0.25) is 0 Å². The molecule has 1 N–H and O–H groups in total. The molecule has 0 bridgehead atoms. The Bertz CT molecular complexity index is 878. The van der Waals surface area contributed by atoms with Gasteiger partial charge in [0.15, 0.2) is 11.5 Å². The highest BCUT2D eigenvalue weighted by Gasteiger charge is 2.15. The summed E-state index contributed by atoms with van der Waals surface area (Å²) < 4.78 is 15.9. The number of nitrogens with zero attached hydrogens (tertiary/aromatic N) is 2. The van der Waals surface area contributed by atoms with E-state index >= 15 is 0 Å². The average molecular weight is 353 g/mol. The minimum absolute atomic E-state index is 0.0589. The lowest BCUT2D eigenvalue weighted by Crippen LogP contribution is -2.23. The van der Waals surface area contributed by atoms with Crippen LogP contribution in [0.15, 0.2) is 52.9 Å². The van der Waals surface area contributed by atoms with Gasteiger partial charge in [-0.2, -0.15) is 0 Å². The summed E-state index contributed by atoms with van der Waals surface area (Å²) in [6, 6.07) is 15.1. The Labute approximate surface area is 151 Å². The molecule has 2 aromatic carbocycles. The van der Waals surface area contributed by atoms with Gasteiger partial charge in [0, 0.05) is 6.54 Å². The van der Waals surface area contributed by atoms with Crippen molar-refractivity contribution < 1.29 is 18.7 Å². The van der Waals surface area contributed by atoms with Crippen molar-refractivity contribution in [1.82, 2.24) is 15.5 Å². The number of ether oxygens (including phenoxy) is 2. The first-order valence-electron chi connectivity index (χ1n) is 8.05. The van der Waals surface area contributed by atoms with Crippen LogP contribution in [0.4, 0.5) is 0 Å². The summed E-state index contributed by atoms with van der Waals surface area (Å²) in [5.41, 5.74) is 1.90. The number of hydrogen-bond acceptors (Lipinski definition) is 6. The van der Waals surface area contributed by atoms with Gasteiger partial charge in [0.2, 0.25) is 5.89 Å². The van der Waals surface area contributed by atoms with Gasteiger partial charge >= 0.3 is 11.8 Å². The van der Waals surface area contributed by atoms with Gasteiger partial charge in [0.25, 0.3) is 0 Å². The normalized spacial score (nSPS) is 10.4. The molecule has 0 aliphatic carbocycles. The number of methoxy groups -OCH3 is 2. The van der Waals surface area contributed by atoms with E-state index in [0.717, 1.165) is 11.1 Å². The zero-order valence-electron chi connectivity index (χ0n) is 14.6. The van der Waals surface area contributed by atoms with Crippen molar-refractivity contribution in [3.8, 4) is 11.5 Å². The Morgan fingerprint density at radius 3 is 2.50 bits per heavy atom. The van der Waals surface area contributed by atoms with E-state index in [0.29, 0.717) is 30.4 Å². The first kappa shape index (κ1) is 17.5. The third-order valence-electron chi connectivity index (χ3n) is 3.76. The van der Waals surface area contributed by atoms with Crippen molar-refractivity contribution in [3.63, 3.8) is 0 Å². The number of aromatic nitrogens is 2. The standard InChI is InChI=1S/C19H19N3O4/c1-24-15-9-8-14(10-16(15)25-2)12-20-18(23)19-22-21-17(26-19)11-13-6-4-3-5-7-13/h3-10H,11-12H2,1-2H3,(H,20,23). The molecule has 1 amide bonds. The van der Waals surface area contributed by atoms with Gasteiger partial charge in [-0.15, -0.1) is 10.2 Å². The number of carbonyl (C=O) groups excluding carboxylic acids is 1. The van der Waals surface area contributed by atoms with Gasteiger partial charge in [-0.1, -0.05) is 36.4 Å². The van der Waals surface area contributed by atoms with Crippen molar-refractivity contribution in [2.75, 3.05) is 14.2 Å². The lowest BCUT2D eigenvalue weighted by Gasteiger charge is -2.09. The number of nitrogens with one attached hydrogen (secondary N) is 1. The van der Waals surface area contributed by atoms with Gasteiger partial charge in [0.1, 0.15) is 0 Å². The number of benzene rings is 2.